The predicted molar refractivity (Wildman–Crippen MR) is 30.0 cm³/mol. The lowest BCUT2D eigenvalue weighted by Gasteiger charge is -1.98. The van der Waals surface area contributed by atoms with Gasteiger partial charge in [-0.2, -0.15) is 0 Å². The average Bonchev–Trinajstić information content (AvgIpc) is 1.83. The molecule has 0 saturated heterocycles. The lowest BCUT2D eigenvalue weighted by atomic mass is 10.2. The normalized spacial score (nSPS) is 13.9. The number of alkyl halides is 1. The second-order valence-corrected chi connectivity index (χ2v) is 1.91. The van der Waals surface area contributed by atoms with Crippen molar-refractivity contribution in [1.82, 2.24) is 0 Å². The molecule has 0 saturated carbocycles. The molecule has 1 radical (unpaired) electrons. The number of halogens is 1. The molecule has 0 spiro atoms. The highest BCUT2D eigenvalue weighted by Gasteiger charge is 2.01. The van der Waals surface area contributed by atoms with Gasteiger partial charge in [0.15, 0.2) is 0 Å². The average molecular weight is 119 g/mol. The number of rotatable bonds is 4. The standard InChI is InChI=1S/C6H12FO/c1-2-3-4-6(7)5-8/h6H,2-5H2,1H3. The molecule has 0 rings (SSSR count). The smallest absolute Gasteiger partial charge is 0.127 e. The van der Waals surface area contributed by atoms with Gasteiger partial charge in [0.05, 0.1) is 0 Å². The highest BCUT2D eigenvalue weighted by molar-refractivity contribution is 4.50. The summed E-state index contributed by atoms with van der Waals surface area (Å²) in [6, 6.07) is 0. The van der Waals surface area contributed by atoms with Gasteiger partial charge in [0.2, 0.25) is 0 Å². The molecule has 0 aromatic carbocycles. The monoisotopic (exact) mass is 119 g/mol. The van der Waals surface area contributed by atoms with Gasteiger partial charge >= 0.3 is 0 Å². The molecule has 0 fully saturated rings. The van der Waals surface area contributed by atoms with E-state index in [0.29, 0.717) is 6.42 Å². The molecule has 0 bridgehead atoms. The Morgan fingerprint density at radius 3 is 2.62 bits per heavy atom. The van der Waals surface area contributed by atoms with E-state index in [0.717, 1.165) is 12.8 Å². The predicted octanol–water partition coefficient (Wildman–Crippen LogP) is 1.95. The summed E-state index contributed by atoms with van der Waals surface area (Å²) in [5.74, 6) is 0. The zero-order chi connectivity index (χ0) is 6.41. The van der Waals surface area contributed by atoms with Crippen LogP contribution in [0.5, 0.6) is 0 Å². The zero-order valence-electron chi connectivity index (χ0n) is 5.19. The molecular formula is C6H12FO. The van der Waals surface area contributed by atoms with Gasteiger partial charge in [0.25, 0.3) is 0 Å². The lowest BCUT2D eigenvalue weighted by molar-refractivity contribution is 0.108. The van der Waals surface area contributed by atoms with E-state index in [-0.39, 0.29) is 0 Å². The van der Waals surface area contributed by atoms with Gasteiger partial charge in [-0.15, -0.1) is 0 Å². The highest BCUT2D eigenvalue weighted by Crippen LogP contribution is 2.02. The number of hydrogen-bond acceptors (Lipinski definition) is 0. The van der Waals surface area contributed by atoms with Crippen LogP contribution < -0.4 is 0 Å². The molecule has 49 valence electrons. The first kappa shape index (κ1) is 7.89. The Morgan fingerprint density at radius 1 is 1.62 bits per heavy atom. The SMILES string of the molecule is CCCCC(F)C[O]. The van der Waals surface area contributed by atoms with Crippen LogP contribution in [0.3, 0.4) is 0 Å². The molecule has 1 unspecified atom stereocenters. The fraction of sp³-hybridized carbons (Fsp3) is 1.00. The fourth-order valence-electron chi connectivity index (χ4n) is 0.509. The van der Waals surface area contributed by atoms with E-state index >= 15 is 0 Å². The summed E-state index contributed by atoms with van der Waals surface area (Å²) in [6.45, 7) is 1.41. The topological polar surface area (TPSA) is 19.9 Å². The fourth-order valence-corrected chi connectivity index (χ4v) is 0.509. The molecule has 0 aliphatic carbocycles. The Balaban J connectivity index is 2.86. The Kier molecular flexibility index (Phi) is 4.97. The van der Waals surface area contributed by atoms with Crippen molar-refractivity contribution < 1.29 is 9.50 Å². The van der Waals surface area contributed by atoms with Crippen LogP contribution in [0.4, 0.5) is 4.39 Å². The third-order valence-corrected chi connectivity index (χ3v) is 1.05. The summed E-state index contributed by atoms with van der Waals surface area (Å²) >= 11 is 0. The largest absolute Gasteiger partial charge is 0.245 e. The van der Waals surface area contributed by atoms with Gasteiger partial charge in [-0.3, -0.25) is 0 Å². The van der Waals surface area contributed by atoms with Crippen LogP contribution in [-0.2, 0) is 5.11 Å². The Labute approximate surface area is 49.5 Å². The van der Waals surface area contributed by atoms with Gasteiger partial charge in [0, 0.05) is 0 Å². The Bertz CT molecular complexity index is 47.8. The second-order valence-electron chi connectivity index (χ2n) is 1.91. The van der Waals surface area contributed by atoms with Crippen LogP contribution in [0.2, 0.25) is 0 Å². The Hall–Kier alpha value is -0.110. The van der Waals surface area contributed by atoms with Crippen molar-refractivity contribution >= 4 is 0 Å². The molecule has 8 heavy (non-hydrogen) atoms. The van der Waals surface area contributed by atoms with Crippen molar-refractivity contribution in [2.75, 3.05) is 6.61 Å². The number of unbranched alkanes of at least 4 members (excludes halogenated alkanes) is 1. The third-order valence-electron chi connectivity index (χ3n) is 1.05. The van der Waals surface area contributed by atoms with Crippen LogP contribution in [-0.4, -0.2) is 12.8 Å². The summed E-state index contributed by atoms with van der Waals surface area (Å²) in [6.07, 6.45) is 1.15. The van der Waals surface area contributed by atoms with Gasteiger partial charge < -0.3 is 0 Å². The van der Waals surface area contributed by atoms with E-state index in [1.165, 1.54) is 0 Å². The molecule has 0 aliphatic heterocycles. The molecule has 0 aromatic rings. The maximum atomic E-state index is 12.0. The van der Waals surface area contributed by atoms with Gasteiger partial charge in [-0.1, -0.05) is 19.8 Å². The molecule has 0 amide bonds. The van der Waals surface area contributed by atoms with E-state index in [1.807, 2.05) is 6.92 Å². The van der Waals surface area contributed by atoms with Gasteiger partial charge in [0.1, 0.15) is 12.8 Å². The van der Waals surface area contributed by atoms with Crippen molar-refractivity contribution in [2.45, 2.75) is 32.4 Å². The summed E-state index contributed by atoms with van der Waals surface area (Å²) in [5.41, 5.74) is 0. The van der Waals surface area contributed by atoms with Crippen molar-refractivity contribution in [2.24, 2.45) is 0 Å². The van der Waals surface area contributed by atoms with Crippen LogP contribution >= 0.6 is 0 Å². The first-order valence-corrected chi connectivity index (χ1v) is 3.03. The first-order valence-electron chi connectivity index (χ1n) is 3.03. The summed E-state index contributed by atoms with van der Waals surface area (Å²) in [5, 5.41) is 9.76. The molecule has 1 nitrogen and oxygen atoms in total. The Morgan fingerprint density at radius 2 is 2.25 bits per heavy atom. The first-order chi connectivity index (χ1) is 3.81. The zero-order valence-corrected chi connectivity index (χ0v) is 5.19. The van der Waals surface area contributed by atoms with Crippen molar-refractivity contribution in [3.8, 4) is 0 Å². The van der Waals surface area contributed by atoms with Gasteiger partial charge in [-0.05, 0) is 6.42 Å². The van der Waals surface area contributed by atoms with Gasteiger partial charge in [-0.25, -0.2) is 9.50 Å². The molecule has 2 heteroatoms. The number of hydrogen-bond donors (Lipinski definition) is 0. The minimum Gasteiger partial charge on any atom is -0.245 e. The quantitative estimate of drug-likeness (QED) is 0.539. The summed E-state index contributed by atoms with van der Waals surface area (Å²) in [7, 11) is 0. The molecule has 0 heterocycles. The summed E-state index contributed by atoms with van der Waals surface area (Å²) in [4.78, 5) is 0. The maximum Gasteiger partial charge on any atom is 0.127 e. The van der Waals surface area contributed by atoms with Crippen molar-refractivity contribution in [3.05, 3.63) is 0 Å². The molecule has 0 N–H and O–H groups in total. The van der Waals surface area contributed by atoms with E-state index in [9.17, 15) is 9.50 Å². The molecule has 0 aromatic heterocycles. The summed E-state index contributed by atoms with van der Waals surface area (Å²) < 4.78 is 12.0. The molecular weight excluding hydrogens is 107 g/mol. The van der Waals surface area contributed by atoms with E-state index in [1.54, 1.807) is 0 Å². The van der Waals surface area contributed by atoms with Crippen LogP contribution in [0.1, 0.15) is 26.2 Å². The van der Waals surface area contributed by atoms with Crippen LogP contribution in [0.15, 0.2) is 0 Å². The maximum absolute atomic E-state index is 12.0. The minimum absolute atomic E-state index is 0.444. The highest BCUT2D eigenvalue weighted by atomic mass is 19.1. The van der Waals surface area contributed by atoms with E-state index in [4.69, 9.17) is 0 Å². The van der Waals surface area contributed by atoms with E-state index < -0.39 is 12.8 Å². The lowest BCUT2D eigenvalue weighted by Crippen LogP contribution is -2.03. The van der Waals surface area contributed by atoms with Crippen LogP contribution in [0.25, 0.3) is 0 Å². The van der Waals surface area contributed by atoms with Crippen LogP contribution in [0, 0.1) is 0 Å². The molecule has 1 atom stereocenters. The third kappa shape index (κ3) is 4.06. The van der Waals surface area contributed by atoms with Crippen molar-refractivity contribution in [3.63, 3.8) is 0 Å². The minimum atomic E-state index is -1.10. The van der Waals surface area contributed by atoms with E-state index in [2.05, 4.69) is 0 Å². The van der Waals surface area contributed by atoms with Crippen molar-refractivity contribution in [1.29, 1.82) is 0 Å². The molecule has 0 aliphatic rings. The second kappa shape index (κ2) is 5.04.